The summed E-state index contributed by atoms with van der Waals surface area (Å²) in [5.41, 5.74) is 8.08. The van der Waals surface area contributed by atoms with Crippen LogP contribution in [0.15, 0.2) is 28.7 Å². The van der Waals surface area contributed by atoms with E-state index in [1.807, 2.05) is 18.2 Å². The second-order valence-electron chi connectivity index (χ2n) is 5.88. The van der Waals surface area contributed by atoms with Crippen molar-refractivity contribution in [1.29, 1.82) is 0 Å². The van der Waals surface area contributed by atoms with Crippen LogP contribution in [0.2, 0.25) is 0 Å². The maximum atomic E-state index is 6.03. The van der Waals surface area contributed by atoms with E-state index >= 15 is 0 Å². The van der Waals surface area contributed by atoms with E-state index < -0.39 is 0 Å². The van der Waals surface area contributed by atoms with Crippen molar-refractivity contribution in [1.82, 2.24) is 4.90 Å². The van der Waals surface area contributed by atoms with Gasteiger partial charge >= 0.3 is 0 Å². The Labute approximate surface area is 120 Å². The van der Waals surface area contributed by atoms with Gasteiger partial charge in [-0.3, -0.25) is 4.90 Å². The fraction of sp³-hybridized carbons (Fsp3) is 0.529. The van der Waals surface area contributed by atoms with Crippen LogP contribution in [0.1, 0.15) is 37.5 Å². The minimum atomic E-state index is 0.554. The molecule has 0 saturated carbocycles. The molecule has 1 aliphatic rings. The number of likely N-dealkylation sites (tertiary alicyclic amines) is 1. The van der Waals surface area contributed by atoms with Crippen LogP contribution >= 0.6 is 0 Å². The summed E-state index contributed by atoms with van der Waals surface area (Å²) in [5, 5.41) is 1.18. The van der Waals surface area contributed by atoms with Gasteiger partial charge in [0, 0.05) is 24.0 Å². The molecule has 0 radical (unpaired) electrons. The van der Waals surface area contributed by atoms with E-state index in [9.17, 15) is 0 Å². The first-order valence-electron chi connectivity index (χ1n) is 7.73. The normalized spacial score (nSPS) is 20.0. The number of furan rings is 1. The molecule has 2 aromatic rings. The standard InChI is InChI=1S/C17H24N2O/c1-2-5-13-8-9-19(11-13)12-17-15(10-18)14-6-3-4-7-16(14)20-17/h3-4,6-7,13H,2,5,8-12,18H2,1H3. The van der Waals surface area contributed by atoms with Crippen LogP contribution in [0.4, 0.5) is 0 Å². The molecule has 0 bridgehead atoms. The molecule has 2 N–H and O–H groups in total. The van der Waals surface area contributed by atoms with E-state index in [4.69, 9.17) is 10.2 Å². The molecule has 3 rings (SSSR count). The zero-order chi connectivity index (χ0) is 13.9. The number of nitrogens with two attached hydrogens (primary N) is 1. The zero-order valence-corrected chi connectivity index (χ0v) is 12.3. The Morgan fingerprint density at radius 1 is 1.35 bits per heavy atom. The molecule has 3 nitrogen and oxygen atoms in total. The van der Waals surface area contributed by atoms with E-state index in [2.05, 4.69) is 17.9 Å². The van der Waals surface area contributed by atoms with E-state index in [1.54, 1.807) is 0 Å². The minimum Gasteiger partial charge on any atom is -0.459 e. The first-order chi connectivity index (χ1) is 9.81. The Morgan fingerprint density at radius 2 is 2.20 bits per heavy atom. The van der Waals surface area contributed by atoms with Crippen molar-refractivity contribution in [2.24, 2.45) is 11.7 Å². The summed E-state index contributed by atoms with van der Waals surface area (Å²) in [6, 6.07) is 8.20. The van der Waals surface area contributed by atoms with Gasteiger partial charge in [0.05, 0.1) is 6.54 Å². The van der Waals surface area contributed by atoms with Gasteiger partial charge in [0.1, 0.15) is 11.3 Å². The molecule has 1 aromatic heterocycles. The third-order valence-electron chi connectivity index (χ3n) is 4.42. The molecule has 108 valence electrons. The minimum absolute atomic E-state index is 0.554. The fourth-order valence-electron chi connectivity index (χ4n) is 3.40. The molecule has 0 spiro atoms. The van der Waals surface area contributed by atoms with Gasteiger partial charge in [0.2, 0.25) is 0 Å². The lowest BCUT2D eigenvalue weighted by Crippen LogP contribution is -2.20. The number of hydrogen-bond acceptors (Lipinski definition) is 3. The largest absolute Gasteiger partial charge is 0.459 e. The number of hydrogen-bond donors (Lipinski definition) is 1. The maximum absolute atomic E-state index is 6.03. The topological polar surface area (TPSA) is 42.4 Å². The van der Waals surface area contributed by atoms with Crippen LogP contribution in [-0.2, 0) is 13.1 Å². The fourth-order valence-corrected chi connectivity index (χ4v) is 3.40. The average molecular weight is 272 g/mol. The number of rotatable bonds is 5. The van der Waals surface area contributed by atoms with Crippen molar-refractivity contribution in [3.05, 3.63) is 35.6 Å². The van der Waals surface area contributed by atoms with Crippen molar-refractivity contribution >= 4 is 11.0 Å². The van der Waals surface area contributed by atoms with Crippen LogP contribution in [0.5, 0.6) is 0 Å². The second kappa shape index (κ2) is 5.98. The highest BCUT2D eigenvalue weighted by molar-refractivity contribution is 5.82. The Bertz CT molecular complexity index is 575. The Morgan fingerprint density at radius 3 is 3.00 bits per heavy atom. The second-order valence-corrected chi connectivity index (χ2v) is 5.88. The van der Waals surface area contributed by atoms with Gasteiger partial charge in [-0.05, 0) is 31.4 Å². The Hall–Kier alpha value is -1.32. The van der Waals surface area contributed by atoms with Crippen LogP contribution < -0.4 is 5.73 Å². The molecule has 0 aliphatic carbocycles. The highest BCUT2D eigenvalue weighted by Crippen LogP contribution is 2.29. The molecule has 20 heavy (non-hydrogen) atoms. The molecule has 0 amide bonds. The summed E-state index contributed by atoms with van der Waals surface area (Å²) in [4.78, 5) is 2.51. The molecule has 3 heteroatoms. The Kier molecular flexibility index (Phi) is 4.08. The van der Waals surface area contributed by atoms with Crippen molar-refractivity contribution in [2.45, 2.75) is 39.3 Å². The molecule has 1 atom stereocenters. The summed E-state index contributed by atoms with van der Waals surface area (Å²) in [6.45, 7) is 6.12. The summed E-state index contributed by atoms with van der Waals surface area (Å²) in [7, 11) is 0. The lowest BCUT2D eigenvalue weighted by Gasteiger charge is -2.15. The van der Waals surface area contributed by atoms with Crippen LogP contribution in [0, 0.1) is 5.92 Å². The van der Waals surface area contributed by atoms with E-state index in [0.29, 0.717) is 6.54 Å². The van der Waals surface area contributed by atoms with Gasteiger partial charge in [-0.15, -0.1) is 0 Å². The van der Waals surface area contributed by atoms with Crippen molar-refractivity contribution < 1.29 is 4.42 Å². The molecule has 1 saturated heterocycles. The van der Waals surface area contributed by atoms with Gasteiger partial charge in [-0.25, -0.2) is 0 Å². The van der Waals surface area contributed by atoms with Gasteiger partial charge in [-0.1, -0.05) is 31.5 Å². The molecular formula is C17H24N2O. The number of para-hydroxylation sites is 1. The van der Waals surface area contributed by atoms with Crippen LogP contribution in [-0.4, -0.2) is 18.0 Å². The van der Waals surface area contributed by atoms with E-state index in [-0.39, 0.29) is 0 Å². The third-order valence-corrected chi connectivity index (χ3v) is 4.42. The van der Waals surface area contributed by atoms with Crippen LogP contribution in [0.25, 0.3) is 11.0 Å². The van der Waals surface area contributed by atoms with Crippen molar-refractivity contribution in [3.8, 4) is 0 Å². The van der Waals surface area contributed by atoms with Crippen LogP contribution in [0.3, 0.4) is 0 Å². The predicted octanol–water partition coefficient (Wildman–Crippen LogP) is 3.51. The lowest BCUT2D eigenvalue weighted by atomic mass is 10.0. The SMILES string of the molecule is CCCC1CCN(Cc2oc3ccccc3c2CN)C1. The number of nitrogens with zero attached hydrogens (tertiary/aromatic N) is 1. The molecule has 1 aliphatic heterocycles. The predicted molar refractivity (Wildman–Crippen MR) is 82.4 cm³/mol. The summed E-state index contributed by atoms with van der Waals surface area (Å²) in [5.74, 6) is 1.93. The molecule has 2 heterocycles. The summed E-state index contributed by atoms with van der Waals surface area (Å²) < 4.78 is 6.03. The van der Waals surface area contributed by atoms with Gasteiger partial charge < -0.3 is 10.2 Å². The van der Waals surface area contributed by atoms with Gasteiger partial charge in [0.15, 0.2) is 0 Å². The highest BCUT2D eigenvalue weighted by Gasteiger charge is 2.24. The molecular weight excluding hydrogens is 248 g/mol. The zero-order valence-electron chi connectivity index (χ0n) is 12.3. The first-order valence-corrected chi connectivity index (χ1v) is 7.73. The monoisotopic (exact) mass is 272 g/mol. The maximum Gasteiger partial charge on any atom is 0.134 e. The summed E-state index contributed by atoms with van der Waals surface area (Å²) >= 11 is 0. The molecule has 1 aromatic carbocycles. The van der Waals surface area contributed by atoms with Crippen molar-refractivity contribution in [2.75, 3.05) is 13.1 Å². The smallest absolute Gasteiger partial charge is 0.134 e. The molecule has 1 unspecified atom stereocenters. The average Bonchev–Trinajstić information content (AvgIpc) is 3.03. The van der Waals surface area contributed by atoms with Gasteiger partial charge in [0.25, 0.3) is 0 Å². The van der Waals surface area contributed by atoms with Crippen molar-refractivity contribution in [3.63, 3.8) is 0 Å². The molecule has 1 fully saturated rings. The number of benzene rings is 1. The highest BCUT2D eigenvalue weighted by atomic mass is 16.3. The van der Waals surface area contributed by atoms with E-state index in [1.165, 1.54) is 43.3 Å². The summed E-state index contributed by atoms with van der Waals surface area (Å²) in [6.07, 6.45) is 3.96. The quantitative estimate of drug-likeness (QED) is 0.905. The van der Waals surface area contributed by atoms with E-state index in [0.717, 1.165) is 23.8 Å². The van der Waals surface area contributed by atoms with Gasteiger partial charge in [-0.2, -0.15) is 0 Å². The number of fused-ring (bicyclic) bond motifs is 1. The lowest BCUT2D eigenvalue weighted by molar-refractivity contribution is 0.286. The third kappa shape index (κ3) is 2.60. The Balaban J connectivity index is 1.77. The first kappa shape index (κ1) is 13.7.